The summed E-state index contributed by atoms with van der Waals surface area (Å²) in [6, 6.07) is 8.15. The lowest BCUT2D eigenvalue weighted by atomic mass is 10.1. The second kappa shape index (κ2) is 6.94. The standard InChI is InChI=1S/C15H21BrN2O/c1-2-14(16)15(19)17-12-6-8-13(9-7-12)18-10-4-3-5-11-18/h6-9,14H,2-5,10-11H2,1H3,(H,17,19). The Morgan fingerprint density at radius 3 is 2.47 bits per heavy atom. The Morgan fingerprint density at radius 2 is 1.89 bits per heavy atom. The number of hydrogen-bond acceptors (Lipinski definition) is 2. The highest BCUT2D eigenvalue weighted by atomic mass is 79.9. The van der Waals surface area contributed by atoms with Crippen LogP contribution in [0.5, 0.6) is 0 Å². The van der Waals surface area contributed by atoms with Crippen LogP contribution in [0.4, 0.5) is 11.4 Å². The number of rotatable bonds is 4. The molecule has 0 spiro atoms. The summed E-state index contributed by atoms with van der Waals surface area (Å²) in [6.07, 6.45) is 4.69. The first kappa shape index (κ1) is 14.4. The fourth-order valence-electron chi connectivity index (χ4n) is 2.31. The minimum absolute atomic E-state index is 0.0215. The SMILES string of the molecule is CCC(Br)C(=O)Nc1ccc(N2CCCCC2)cc1. The zero-order valence-electron chi connectivity index (χ0n) is 11.4. The quantitative estimate of drug-likeness (QED) is 0.854. The van der Waals surface area contributed by atoms with Gasteiger partial charge in [-0.25, -0.2) is 0 Å². The van der Waals surface area contributed by atoms with Crippen LogP contribution >= 0.6 is 15.9 Å². The fraction of sp³-hybridized carbons (Fsp3) is 0.533. The molecule has 0 radical (unpaired) electrons. The third-order valence-electron chi connectivity index (χ3n) is 3.50. The Hall–Kier alpha value is -1.03. The summed E-state index contributed by atoms with van der Waals surface area (Å²) in [5.41, 5.74) is 2.12. The topological polar surface area (TPSA) is 32.3 Å². The van der Waals surface area contributed by atoms with Gasteiger partial charge in [0.2, 0.25) is 5.91 Å². The Morgan fingerprint density at radius 1 is 1.26 bits per heavy atom. The molecule has 1 atom stereocenters. The van der Waals surface area contributed by atoms with Gasteiger partial charge in [0.15, 0.2) is 0 Å². The van der Waals surface area contributed by atoms with Crippen molar-refractivity contribution >= 4 is 33.2 Å². The first-order chi connectivity index (χ1) is 9.20. The average Bonchev–Trinajstić information content (AvgIpc) is 2.48. The van der Waals surface area contributed by atoms with Gasteiger partial charge >= 0.3 is 0 Å². The van der Waals surface area contributed by atoms with Gasteiger partial charge in [-0.2, -0.15) is 0 Å². The zero-order chi connectivity index (χ0) is 13.7. The molecule has 1 heterocycles. The maximum atomic E-state index is 11.8. The van der Waals surface area contributed by atoms with Crippen LogP contribution in [0.2, 0.25) is 0 Å². The number of alkyl halides is 1. The van der Waals surface area contributed by atoms with Gasteiger partial charge in [0, 0.05) is 24.5 Å². The predicted molar refractivity (Wildman–Crippen MR) is 84.1 cm³/mol. The van der Waals surface area contributed by atoms with Crippen LogP contribution in [0.15, 0.2) is 24.3 Å². The van der Waals surface area contributed by atoms with E-state index in [9.17, 15) is 4.79 Å². The van der Waals surface area contributed by atoms with Crippen molar-refractivity contribution in [1.82, 2.24) is 0 Å². The summed E-state index contributed by atoms with van der Waals surface area (Å²) in [5, 5.41) is 2.92. The van der Waals surface area contributed by atoms with Crippen LogP contribution in [0.3, 0.4) is 0 Å². The molecular weight excluding hydrogens is 304 g/mol. The number of hydrogen-bond donors (Lipinski definition) is 1. The lowest BCUT2D eigenvalue weighted by Crippen LogP contribution is -2.29. The van der Waals surface area contributed by atoms with E-state index in [4.69, 9.17) is 0 Å². The number of carbonyl (C=O) groups is 1. The Balaban J connectivity index is 1.96. The highest BCUT2D eigenvalue weighted by Crippen LogP contribution is 2.22. The van der Waals surface area contributed by atoms with Crippen LogP contribution < -0.4 is 10.2 Å². The van der Waals surface area contributed by atoms with E-state index in [2.05, 4.69) is 38.3 Å². The van der Waals surface area contributed by atoms with E-state index in [1.165, 1.54) is 24.9 Å². The maximum Gasteiger partial charge on any atom is 0.238 e. The van der Waals surface area contributed by atoms with Crippen LogP contribution in [0.25, 0.3) is 0 Å². The number of nitrogens with zero attached hydrogens (tertiary/aromatic N) is 1. The summed E-state index contributed by atoms with van der Waals surface area (Å²) in [7, 11) is 0. The summed E-state index contributed by atoms with van der Waals surface area (Å²) in [6.45, 7) is 4.27. The lowest BCUT2D eigenvalue weighted by Gasteiger charge is -2.28. The van der Waals surface area contributed by atoms with Crippen molar-refractivity contribution in [2.75, 3.05) is 23.3 Å². The average molecular weight is 325 g/mol. The number of halogens is 1. The molecule has 1 unspecified atom stereocenters. The predicted octanol–water partition coefficient (Wildman–Crippen LogP) is 3.79. The maximum absolute atomic E-state index is 11.8. The van der Waals surface area contributed by atoms with Gasteiger partial charge in [0.25, 0.3) is 0 Å². The monoisotopic (exact) mass is 324 g/mol. The molecule has 4 heteroatoms. The molecule has 104 valence electrons. The van der Waals surface area contributed by atoms with Gasteiger partial charge in [0.05, 0.1) is 4.83 Å². The molecule has 1 saturated heterocycles. The van der Waals surface area contributed by atoms with E-state index in [-0.39, 0.29) is 10.7 Å². The van der Waals surface area contributed by atoms with Gasteiger partial charge in [-0.1, -0.05) is 22.9 Å². The summed E-state index contributed by atoms with van der Waals surface area (Å²) in [4.78, 5) is 14.1. The molecule has 2 rings (SSSR count). The van der Waals surface area contributed by atoms with E-state index in [1.54, 1.807) is 0 Å². The van der Waals surface area contributed by atoms with Crippen molar-refractivity contribution in [2.45, 2.75) is 37.4 Å². The summed E-state index contributed by atoms with van der Waals surface area (Å²) >= 11 is 3.36. The number of anilines is 2. The Bertz CT molecular complexity index is 413. The van der Waals surface area contributed by atoms with Crippen molar-refractivity contribution in [3.05, 3.63) is 24.3 Å². The number of piperidine rings is 1. The molecule has 1 aromatic rings. The fourth-order valence-corrected chi connectivity index (χ4v) is 2.43. The largest absolute Gasteiger partial charge is 0.372 e. The van der Waals surface area contributed by atoms with Crippen LogP contribution in [0, 0.1) is 0 Å². The van der Waals surface area contributed by atoms with E-state index >= 15 is 0 Å². The summed E-state index contributed by atoms with van der Waals surface area (Å²) < 4.78 is 0. The molecular formula is C15H21BrN2O. The molecule has 1 N–H and O–H groups in total. The van der Waals surface area contributed by atoms with Crippen molar-refractivity contribution in [3.63, 3.8) is 0 Å². The molecule has 0 aliphatic carbocycles. The molecule has 1 aromatic carbocycles. The van der Waals surface area contributed by atoms with Gasteiger partial charge in [-0.15, -0.1) is 0 Å². The van der Waals surface area contributed by atoms with Crippen molar-refractivity contribution in [3.8, 4) is 0 Å². The normalized spacial score (nSPS) is 17.1. The van der Waals surface area contributed by atoms with Crippen LogP contribution in [0.1, 0.15) is 32.6 Å². The molecule has 1 aliphatic heterocycles. The number of carbonyl (C=O) groups excluding carboxylic acids is 1. The minimum atomic E-state index is -0.116. The van der Waals surface area contributed by atoms with Crippen LogP contribution in [-0.2, 0) is 4.79 Å². The number of benzene rings is 1. The number of nitrogens with one attached hydrogen (secondary N) is 1. The second-order valence-corrected chi connectivity index (χ2v) is 6.06. The summed E-state index contributed by atoms with van der Waals surface area (Å²) in [5.74, 6) is 0.0215. The Kier molecular flexibility index (Phi) is 5.25. The van der Waals surface area contributed by atoms with E-state index in [1.807, 2.05) is 19.1 Å². The second-order valence-electron chi connectivity index (χ2n) is 4.96. The first-order valence-corrected chi connectivity index (χ1v) is 7.92. The number of amides is 1. The van der Waals surface area contributed by atoms with Crippen molar-refractivity contribution in [2.24, 2.45) is 0 Å². The van der Waals surface area contributed by atoms with Crippen molar-refractivity contribution < 1.29 is 4.79 Å². The third-order valence-corrected chi connectivity index (χ3v) is 4.56. The third kappa shape index (κ3) is 3.96. The molecule has 1 fully saturated rings. The molecule has 1 amide bonds. The molecule has 0 bridgehead atoms. The van der Waals surface area contributed by atoms with E-state index in [0.717, 1.165) is 25.2 Å². The van der Waals surface area contributed by atoms with Crippen molar-refractivity contribution in [1.29, 1.82) is 0 Å². The lowest BCUT2D eigenvalue weighted by molar-refractivity contribution is -0.115. The van der Waals surface area contributed by atoms with Gasteiger partial charge < -0.3 is 10.2 Å². The van der Waals surface area contributed by atoms with Gasteiger partial charge in [-0.05, 0) is 49.9 Å². The van der Waals surface area contributed by atoms with Crippen LogP contribution in [-0.4, -0.2) is 23.8 Å². The van der Waals surface area contributed by atoms with Gasteiger partial charge in [0.1, 0.15) is 0 Å². The van der Waals surface area contributed by atoms with E-state index < -0.39 is 0 Å². The zero-order valence-corrected chi connectivity index (χ0v) is 12.9. The first-order valence-electron chi connectivity index (χ1n) is 7.00. The highest BCUT2D eigenvalue weighted by molar-refractivity contribution is 9.10. The minimum Gasteiger partial charge on any atom is -0.372 e. The van der Waals surface area contributed by atoms with Gasteiger partial charge in [-0.3, -0.25) is 4.79 Å². The highest BCUT2D eigenvalue weighted by Gasteiger charge is 2.13. The molecule has 0 saturated carbocycles. The molecule has 1 aliphatic rings. The smallest absolute Gasteiger partial charge is 0.238 e. The molecule has 3 nitrogen and oxygen atoms in total. The molecule has 0 aromatic heterocycles. The Labute approximate surface area is 123 Å². The molecule has 19 heavy (non-hydrogen) atoms. The van der Waals surface area contributed by atoms with E-state index in [0.29, 0.717) is 0 Å².